The van der Waals surface area contributed by atoms with Crippen molar-refractivity contribution in [1.29, 1.82) is 0 Å². The molecule has 0 amide bonds. The van der Waals surface area contributed by atoms with Gasteiger partial charge in [0.1, 0.15) is 0 Å². The molecule has 1 N–H and O–H groups in total. The van der Waals surface area contributed by atoms with Gasteiger partial charge in [0.25, 0.3) is 11.5 Å². The molecule has 0 unspecified atom stereocenters. The van der Waals surface area contributed by atoms with Crippen LogP contribution in [-0.4, -0.2) is 14.7 Å². The fraction of sp³-hybridized carbons (Fsp3) is 0.370. The number of nitrogens with one attached hydrogen (secondary N) is 1. The zero-order chi connectivity index (χ0) is 24.1. The van der Waals surface area contributed by atoms with Crippen LogP contribution < -0.4 is 21.4 Å². The van der Waals surface area contributed by atoms with Gasteiger partial charge in [0, 0.05) is 24.2 Å². The van der Waals surface area contributed by atoms with Crippen molar-refractivity contribution in [3.63, 3.8) is 0 Å². The fourth-order valence-electron chi connectivity index (χ4n) is 3.51. The van der Waals surface area contributed by atoms with Crippen molar-refractivity contribution in [2.75, 3.05) is 5.32 Å². The predicted molar refractivity (Wildman–Crippen MR) is 136 cm³/mol. The Hall–Kier alpha value is -3.41. The van der Waals surface area contributed by atoms with Crippen LogP contribution in [0.2, 0.25) is 0 Å². The Morgan fingerprint density at radius 1 is 1.27 bits per heavy atom. The highest BCUT2D eigenvalue weighted by Crippen LogP contribution is 2.39. The number of hydrogen-bond acceptors (Lipinski definition) is 5. The normalized spacial score (nSPS) is 14.1. The monoisotopic (exact) mass is 446 g/mol. The molecule has 0 atom stereocenters. The van der Waals surface area contributed by atoms with Crippen molar-refractivity contribution in [2.45, 2.75) is 59.8 Å². The van der Waals surface area contributed by atoms with E-state index in [1.54, 1.807) is 11.6 Å². The van der Waals surface area contributed by atoms with E-state index in [0.29, 0.717) is 23.3 Å². The highest BCUT2D eigenvalue weighted by Gasteiger charge is 2.29. The molecule has 33 heavy (non-hydrogen) atoms. The molecular weight excluding hydrogens is 412 g/mol. The van der Waals surface area contributed by atoms with E-state index in [0.717, 1.165) is 45.8 Å². The first kappa shape index (κ1) is 24.2. The summed E-state index contributed by atoms with van der Waals surface area (Å²) < 4.78 is 7.00. The second kappa shape index (κ2) is 10.5. The maximum absolute atomic E-state index is 13.2. The molecule has 4 rings (SSSR count). The molecule has 0 bridgehead atoms. The maximum atomic E-state index is 13.2. The molecule has 1 fully saturated rings. The molecule has 0 saturated heterocycles. The van der Waals surface area contributed by atoms with Gasteiger partial charge in [0.05, 0.1) is 5.35 Å². The van der Waals surface area contributed by atoms with Gasteiger partial charge >= 0.3 is 0 Å². The van der Waals surface area contributed by atoms with Crippen molar-refractivity contribution in [3.8, 4) is 11.1 Å². The van der Waals surface area contributed by atoms with E-state index in [2.05, 4.69) is 35.9 Å². The molecule has 3 aromatic rings. The second-order valence-corrected chi connectivity index (χ2v) is 8.63. The minimum atomic E-state index is -0.0519. The third-order valence-corrected chi connectivity index (χ3v) is 5.34. The Morgan fingerprint density at radius 2 is 1.97 bits per heavy atom. The van der Waals surface area contributed by atoms with Crippen LogP contribution in [0.5, 0.6) is 0 Å². The number of aryl methyl sites for hydroxylation is 1. The number of hydrogen-bond donors (Lipinski definition) is 1. The molecule has 2 aromatic heterocycles. The van der Waals surface area contributed by atoms with E-state index in [1.165, 1.54) is 6.42 Å². The molecule has 1 saturated carbocycles. The molecule has 0 radical (unpaired) electrons. The number of anilines is 2. The van der Waals surface area contributed by atoms with Gasteiger partial charge in [0.2, 0.25) is 5.89 Å². The first-order valence-corrected chi connectivity index (χ1v) is 11.5. The highest BCUT2D eigenvalue weighted by atomic mass is 16.5. The summed E-state index contributed by atoms with van der Waals surface area (Å²) in [6.45, 7) is 14.1. The number of rotatable bonds is 5. The van der Waals surface area contributed by atoms with E-state index >= 15 is 0 Å². The summed E-state index contributed by atoms with van der Waals surface area (Å²) in [5, 5.41) is 9.05. The van der Waals surface area contributed by atoms with Gasteiger partial charge < -0.3 is 14.4 Å². The van der Waals surface area contributed by atoms with Gasteiger partial charge in [-0.05, 0) is 79.4 Å². The number of aromatic nitrogens is 3. The van der Waals surface area contributed by atoms with Crippen LogP contribution >= 0.6 is 0 Å². The van der Waals surface area contributed by atoms with Gasteiger partial charge in [-0.1, -0.05) is 44.6 Å². The number of benzene rings is 1. The van der Waals surface area contributed by atoms with Crippen LogP contribution in [0.15, 0.2) is 45.7 Å². The summed E-state index contributed by atoms with van der Waals surface area (Å²) in [7, 11) is 1.80. The van der Waals surface area contributed by atoms with Crippen LogP contribution in [0, 0.1) is 6.92 Å². The zero-order valence-corrected chi connectivity index (χ0v) is 20.5. The van der Waals surface area contributed by atoms with Crippen LogP contribution in [0.3, 0.4) is 0 Å². The van der Waals surface area contributed by atoms with Gasteiger partial charge in [-0.25, -0.2) is 0 Å². The van der Waals surface area contributed by atoms with E-state index in [4.69, 9.17) is 4.52 Å². The van der Waals surface area contributed by atoms with E-state index in [-0.39, 0.29) is 5.56 Å². The van der Waals surface area contributed by atoms with Crippen molar-refractivity contribution in [1.82, 2.24) is 14.7 Å². The van der Waals surface area contributed by atoms with Crippen LogP contribution in [0.25, 0.3) is 23.3 Å². The summed E-state index contributed by atoms with van der Waals surface area (Å²) in [6, 6.07) is 7.85. The fourth-order valence-corrected chi connectivity index (χ4v) is 3.51. The van der Waals surface area contributed by atoms with Crippen LogP contribution in [0.1, 0.15) is 64.3 Å². The molecule has 6 heteroatoms. The zero-order valence-electron chi connectivity index (χ0n) is 20.5. The average Bonchev–Trinajstić information content (AvgIpc) is 3.53. The van der Waals surface area contributed by atoms with Gasteiger partial charge in [0.15, 0.2) is 0 Å². The van der Waals surface area contributed by atoms with E-state index in [1.807, 2.05) is 57.2 Å². The highest BCUT2D eigenvalue weighted by molar-refractivity contribution is 5.72. The lowest BCUT2D eigenvalue weighted by atomic mass is 10.00. The molecule has 2 heterocycles. The first-order chi connectivity index (χ1) is 15.8. The summed E-state index contributed by atoms with van der Waals surface area (Å²) in [6.07, 6.45) is 7.40. The predicted octanol–water partition coefficient (Wildman–Crippen LogP) is 4.94. The molecule has 0 aliphatic heterocycles. The summed E-state index contributed by atoms with van der Waals surface area (Å²) >= 11 is 0. The lowest BCUT2D eigenvalue weighted by molar-refractivity contribution is 0.380. The molecule has 1 aliphatic rings. The Kier molecular flexibility index (Phi) is 7.69. The van der Waals surface area contributed by atoms with Crippen molar-refractivity contribution in [3.05, 3.63) is 68.8 Å². The van der Waals surface area contributed by atoms with Gasteiger partial charge in [-0.2, -0.15) is 4.98 Å². The van der Waals surface area contributed by atoms with Crippen LogP contribution in [-0.2, 0) is 7.05 Å². The molecule has 0 spiro atoms. The van der Waals surface area contributed by atoms with Gasteiger partial charge in [-0.3, -0.25) is 4.79 Å². The lowest BCUT2D eigenvalue weighted by Crippen LogP contribution is -2.42. The van der Waals surface area contributed by atoms with E-state index < -0.39 is 0 Å². The summed E-state index contributed by atoms with van der Waals surface area (Å²) in [5.41, 5.74) is 4.19. The summed E-state index contributed by atoms with van der Waals surface area (Å²) in [4.78, 5) is 17.6. The van der Waals surface area contributed by atoms with E-state index in [9.17, 15) is 4.79 Å². The maximum Gasteiger partial charge on any atom is 0.267 e. The first-order valence-electron chi connectivity index (χ1n) is 11.5. The third kappa shape index (κ3) is 5.69. The largest absolute Gasteiger partial charge is 0.337 e. The SMILES string of the molecule is C=C(C)/C=c1\c(=C/C)cc(-c2cc(Nc3noc(C4CC4)n3)ccc2C)c(=O)n1C.CCC. The number of allylic oxidation sites excluding steroid dienone is 1. The number of nitrogens with zero attached hydrogens (tertiary/aromatic N) is 3. The lowest BCUT2D eigenvalue weighted by Gasteiger charge is -2.11. The molecule has 1 aliphatic carbocycles. The quantitative estimate of drug-likeness (QED) is 0.601. The van der Waals surface area contributed by atoms with Gasteiger partial charge in [-0.15, -0.1) is 0 Å². The molecular formula is C27H34N4O2. The van der Waals surface area contributed by atoms with Crippen molar-refractivity contribution in [2.24, 2.45) is 7.05 Å². The Labute approximate surface area is 195 Å². The minimum absolute atomic E-state index is 0.0519. The Morgan fingerprint density at radius 3 is 2.58 bits per heavy atom. The third-order valence-electron chi connectivity index (χ3n) is 5.34. The average molecular weight is 447 g/mol. The van der Waals surface area contributed by atoms with Crippen molar-refractivity contribution < 1.29 is 4.52 Å². The molecule has 6 nitrogen and oxygen atoms in total. The van der Waals surface area contributed by atoms with Crippen molar-refractivity contribution >= 4 is 23.8 Å². The standard InChI is InChI=1S/C24H26N4O2.C3H8/c1-6-16-12-20(23(29)28(5)21(16)11-14(2)3)19-13-18(10-7-15(19)4)25-24-26-22(30-27-24)17-8-9-17;1-3-2/h6-7,10-13,17H,2,8-9H2,1,3-5H3,(H,25,27);3H2,1-2H3/b16-6-,21-11+;. The molecule has 1 aromatic carbocycles. The number of pyridine rings is 1. The minimum Gasteiger partial charge on any atom is -0.337 e. The smallest absolute Gasteiger partial charge is 0.267 e. The summed E-state index contributed by atoms with van der Waals surface area (Å²) in [5.74, 6) is 1.53. The Balaban J connectivity index is 0.000000968. The second-order valence-electron chi connectivity index (χ2n) is 8.63. The van der Waals surface area contributed by atoms with Crippen LogP contribution in [0.4, 0.5) is 11.6 Å². The molecule has 174 valence electrons. The topological polar surface area (TPSA) is 73.0 Å². The Bertz CT molecular complexity index is 1330.